The van der Waals surface area contributed by atoms with Gasteiger partial charge in [-0.3, -0.25) is 4.90 Å². The molecule has 0 spiro atoms. The molecule has 0 amide bonds. The van der Waals surface area contributed by atoms with Gasteiger partial charge in [0.2, 0.25) is 0 Å². The van der Waals surface area contributed by atoms with Crippen LogP contribution in [0.25, 0.3) is 11.0 Å². The third-order valence-corrected chi connectivity index (χ3v) is 4.97. The van der Waals surface area contributed by atoms with Crippen LogP contribution in [0.4, 0.5) is 4.39 Å². The van der Waals surface area contributed by atoms with Crippen molar-refractivity contribution in [3.05, 3.63) is 59.4 Å². The fourth-order valence-electron chi connectivity index (χ4n) is 3.47. The molecule has 1 aromatic heterocycles. The van der Waals surface area contributed by atoms with Crippen LogP contribution in [0.3, 0.4) is 0 Å². The van der Waals surface area contributed by atoms with E-state index in [-0.39, 0.29) is 6.61 Å². The highest BCUT2D eigenvalue weighted by atomic mass is 19.1. The van der Waals surface area contributed by atoms with E-state index in [1.807, 2.05) is 18.2 Å². The average Bonchev–Trinajstić information content (AvgIpc) is 3.23. The van der Waals surface area contributed by atoms with E-state index in [0.29, 0.717) is 18.9 Å². The molecule has 4 rings (SSSR count). The molecule has 5 nitrogen and oxygen atoms in total. The summed E-state index contributed by atoms with van der Waals surface area (Å²) in [5.74, 6) is 1.47. The zero-order valence-electron chi connectivity index (χ0n) is 15.6. The number of methoxy groups -OCH3 is 1. The van der Waals surface area contributed by atoms with Crippen LogP contribution in [-0.2, 0) is 17.9 Å². The number of halogens is 1. The van der Waals surface area contributed by atoms with Crippen LogP contribution >= 0.6 is 0 Å². The van der Waals surface area contributed by atoms with Gasteiger partial charge in [-0.1, -0.05) is 29.8 Å². The van der Waals surface area contributed by atoms with Gasteiger partial charge in [0.05, 0.1) is 18.1 Å². The Balaban J connectivity index is 1.35. The summed E-state index contributed by atoms with van der Waals surface area (Å²) in [6.07, 6.45) is -1.42. The molecule has 1 saturated heterocycles. The maximum absolute atomic E-state index is 14.4. The van der Waals surface area contributed by atoms with Crippen molar-refractivity contribution in [2.24, 2.45) is 0 Å². The van der Waals surface area contributed by atoms with E-state index in [0.717, 1.165) is 23.3 Å². The number of nitrogens with zero attached hydrogens (tertiary/aromatic N) is 2. The topological polar surface area (TPSA) is 50.4 Å². The minimum atomic E-state index is -0.986. The predicted molar refractivity (Wildman–Crippen MR) is 103 cm³/mol. The molecule has 0 radical (unpaired) electrons. The summed E-state index contributed by atoms with van der Waals surface area (Å²) >= 11 is 0. The first-order valence-corrected chi connectivity index (χ1v) is 9.17. The molecule has 2 aromatic carbocycles. The molecule has 6 heteroatoms. The Kier molecular flexibility index (Phi) is 5.09. The Bertz CT molecular complexity index is 909. The van der Waals surface area contributed by atoms with Crippen molar-refractivity contribution in [1.29, 1.82) is 0 Å². The zero-order valence-corrected chi connectivity index (χ0v) is 15.6. The molecule has 1 aliphatic rings. The first kappa shape index (κ1) is 17.9. The number of imidazole rings is 1. The van der Waals surface area contributed by atoms with Gasteiger partial charge < -0.3 is 14.5 Å². The summed E-state index contributed by atoms with van der Waals surface area (Å²) in [6, 6.07) is 14.0. The highest BCUT2D eigenvalue weighted by Crippen LogP contribution is 2.22. The molecule has 0 bridgehead atoms. The van der Waals surface area contributed by atoms with Gasteiger partial charge in [-0.25, -0.2) is 9.37 Å². The number of likely N-dealkylation sites (tertiary alicyclic amines) is 1. The van der Waals surface area contributed by atoms with Crippen molar-refractivity contribution in [2.45, 2.75) is 32.4 Å². The molecule has 0 aliphatic carbocycles. The van der Waals surface area contributed by atoms with Gasteiger partial charge in [0.25, 0.3) is 0 Å². The van der Waals surface area contributed by atoms with E-state index in [4.69, 9.17) is 9.47 Å². The van der Waals surface area contributed by atoms with Crippen molar-refractivity contribution in [3.8, 4) is 5.75 Å². The molecule has 2 heterocycles. The molecule has 142 valence electrons. The van der Waals surface area contributed by atoms with Crippen LogP contribution in [0.5, 0.6) is 5.75 Å². The first-order valence-electron chi connectivity index (χ1n) is 9.17. The summed E-state index contributed by atoms with van der Waals surface area (Å²) < 4.78 is 25.4. The lowest BCUT2D eigenvalue weighted by Crippen LogP contribution is -2.24. The van der Waals surface area contributed by atoms with Crippen LogP contribution in [0, 0.1) is 6.92 Å². The lowest BCUT2D eigenvalue weighted by molar-refractivity contribution is 0.00864. The van der Waals surface area contributed by atoms with Crippen molar-refractivity contribution in [2.75, 3.05) is 20.2 Å². The zero-order chi connectivity index (χ0) is 18.8. The van der Waals surface area contributed by atoms with Crippen LogP contribution in [-0.4, -0.2) is 47.3 Å². The van der Waals surface area contributed by atoms with Crippen molar-refractivity contribution in [3.63, 3.8) is 0 Å². The second-order valence-electron chi connectivity index (χ2n) is 7.11. The number of aryl methyl sites for hydroxylation is 1. The molecule has 1 N–H and O–H groups in total. The first-order chi connectivity index (χ1) is 13.1. The van der Waals surface area contributed by atoms with E-state index < -0.39 is 12.3 Å². The highest BCUT2D eigenvalue weighted by Gasteiger charge is 2.33. The molecule has 27 heavy (non-hydrogen) atoms. The lowest BCUT2D eigenvalue weighted by atomic mass is 10.1. The number of aromatic amines is 1. The van der Waals surface area contributed by atoms with Gasteiger partial charge in [0, 0.05) is 25.7 Å². The highest BCUT2D eigenvalue weighted by molar-refractivity contribution is 5.76. The number of hydrogen-bond acceptors (Lipinski definition) is 4. The Morgan fingerprint density at radius 2 is 2.00 bits per heavy atom. The summed E-state index contributed by atoms with van der Waals surface area (Å²) in [5, 5.41) is 0. The van der Waals surface area contributed by atoms with E-state index in [9.17, 15) is 4.39 Å². The minimum Gasteiger partial charge on any atom is -0.497 e. The van der Waals surface area contributed by atoms with Gasteiger partial charge in [-0.2, -0.15) is 0 Å². The number of hydrogen-bond donors (Lipinski definition) is 1. The maximum Gasteiger partial charge on any atom is 0.140 e. The fourth-order valence-corrected chi connectivity index (χ4v) is 3.47. The Hall–Kier alpha value is -2.44. The normalized spacial score (nSPS) is 20.4. The number of aromatic nitrogens is 2. The number of nitrogens with one attached hydrogen (secondary N) is 1. The van der Waals surface area contributed by atoms with Gasteiger partial charge in [-0.05, 0) is 24.6 Å². The lowest BCUT2D eigenvalue weighted by Gasteiger charge is -2.15. The molecule has 1 aliphatic heterocycles. The average molecular weight is 369 g/mol. The molecule has 2 atom stereocenters. The molecular weight excluding hydrogens is 345 g/mol. The Labute approximate surface area is 158 Å². The largest absolute Gasteiger partial charge is 0.497 e. The van der Waals surface area contributed by atoms with Crippen LogP contribution < -0.4 is 4.74 Å². The van der Waals surface area contributed by atoms with E-state index >= 15 is 0 Å². The molecule has 0 unspecified atom stereocenters. The summed E-state index contributed by atoms with van der Waals surface area (Å²) in [6.45, 7) is 4.06. The number of ether oxygens (including phenoxy) is 2. The van der Waals surface area contributed by atoms with E-state index in [1.54, 1.807) is 7.11 Å². The second kappa shape index (κ2) is 7.66. The van der Waals surface area contributed by atoms with E-state index in [2.05, 4.69) is 46.1 Å². The van der Waals surface area contributed by atoms with Crippen LogP contribution in [0.2, 0.25) is 0 Å². The quantitative estimate of drug-likeness (QED) is 0.721. The van der Waals surface area contributed by atoms with Gasteiger partial charge in [0.15, 0.2) is 0 Å². The third-order valence-electron chi connectivity index (χ3n) is 4.97. The van der Waals surface area contributed by atoms with E-state index in [1.165, 1.54) is 11.1 Å². The smallest absolute Gasteiger partial charge is 0.140 e. The van der Waals surface area contributed by atoms with Crippen LogP contribution in [0.15, 0.2) is 42.5 Å². The minimum absolute atomic E-state index is 0.264. The third kappa shape index (κ3) is 4.12. The Morgan fingerprint density at radius 3 is 2.78 bits per heavy atom. The molecule has 0 saturated carbocycles. The monoisotopic (exact) mass is 369 g/mol. The van der Waals surface area contributed by atoms with Crippen molar-refractivity contribution in [1.82, 2.24) is 14.9 Å². The second-order valence-corrected chi connectivity index (χ2v) is 7.11. The number of rotatable bonds is 6. The summed E-state index contributed by atoms with van der Waals surface area (Å²) in [5.41, 5.74) is 4.16. The number of alkyl halides is 1. The number of H-pyrrole nitrogens is 1. The number of fused-ring (bicyclic) bond motifs is 1. The Morgan fingerprint density at radius 1 is 1.19 bits per heavy atom. The molecule has 1 fully saturated rings. The SMILES string of the molecule is COc1ccc2nc(CO[C@H]3CN(Cc4ccc(C)cc4)C[C@H]3F)[nH]c2c1. The van der Waals surface area contributed by atoms with Gasteiger partial charge in [0.1, 0.15) is 30.5 Å². The molecule has 3 aromatic rings. The summed E-state index contributed by atoms with van der Waals surface area (Å²) in [7, 11) is 1.63. The standard InChI is InChI=1S/C21H24FN3O2/c1-14-3-5-15(6-4-14)10-25-11-17(22)20(12-25)27-13-21-23-18-8-7-16(26-2)9-19(18)24-21/h3-9,17,20H,10-13H2,1-2H3,(H,23,24)/t17-,20+/m1/s1. The fraction of sp³-hybridized carbons (Fsp3) is 0.381. The van der Waals surface area contributed by atoms with Gasteiger partial charge >= 0.3 is 0 Å². The van der Waals surface area contributed by atoms with Crippen molar-refractivity contribution < 1.29 is 13.9 Å². The number of benzene rings is 2. The van der Waals surface area contributed by atoms with Crippen LogP contribution in [0.1, 0.15) is 17.0 Å². The molecular formula is C21H24FN3O2. The predicted octanol–water partition coefficient (Wildman–Crippen LogP) is 3.62. The summed E-state index contributed by atoms with van der Waals surface area (Å²) in [4.78, 5) is 9.81. The van der Waals surface area contributed by atoms with Gasteiger partial charge in [-0.15, -0.1) is 0 Å². The maximum atomic E-state index is 14.4. The van der Waals surface area contributed by atoms with Crippen molar-refractivity contribution >= 4 is 11.0 Å².